The number of carbonyl (C=O) groups is 1. The summed E-state index contributed by atoms with van der Waals surface area (Å²) in [7, 11) is -1.94. The number of rotatable bonds is 9. The maximum absolute atomic E-state index is 12.2. The highest BCUT2D eigenvalue weighted by Gasteiger charge is 2.20. The van der Waals surface area contributed by atoms with E-state index in [0.717, 1.165) is 21.9 Å². The summed E-state index contributed by atoms with van der Waals surface area (Å²) in [5.74, 6) is 0.399. The van der Waals surface area contributed by atoms with Crippen molar-refractivity contribution < 1.29 is 17.9 Å². The molecular formula is C18H23N3O4S. The smallest absolute Gasteiger partial charge is 0.235 e. The van der Waals surface area contributed by atoms with Crippen LogP contribution in [0.1, 0.15) is 11.3 Å². The zero-order valence-electron chi connectivity index (χ0n) is 14.9. The number of hydrogen-bond acceptors (Lipinski definition) is 5. The highest BCUT2D eigenvalue weighted by atomic mass is 32.2. The van der Waals surface area contributed by atoms with Gasteiger partial charge in [0.1, 0.15) is 5.75 Å². The molecule has 0 bridgehead atoms. The van der Waals surface area contributed by atoms with Crippen molar-refractivity contribution in [2.75, 3.05) is 26.5 Å². The molecule has 1 N–H and O–H groups in total. The summed E-state index contributed by atoms with van der Waals surface area (Å²) in [5, 5.41) is 2.75. The number of methoxy groups -OCH3 is 1. The number of hydrogen-bond donors (Lipinski definition) is 1. The van der Waals surface area contributed by atoms with Crippen LogP contribution in [0, 0.1) is 0 Å². The first-order valence-electron chi connectivity index (χ1n) is 8.14. The van der Waals surface area contributed by atoms with E-state index in [4.69, 9.17) is 4.74 Å². The number of ether oxygens (including phenoxy) is 1. The average Bonchev–Trinajstić information content (AvgIpc) is 2.61. The van der Waals surface area contributed by atoms with Crippen molar-refractivity contribution in [1.29, 1.82) is 0 Å². The van der Waals surface area contributed by atoms with Crippen molar-refractivity contribution in [2.24, 2.45) is 0 Å². The van der Waals surface area contributed by atoms with Gasteiger partial charge in [0.2, 0.25) is 15.9 Å². The molecule has 1 aromatic heterocycles. The van der Waals surface area contributed by atoms with Gasteiger partial charge in [-0.2, -0.15) is 4.31 Å². The van der Waals surface area contributed by atoms with Crippen LogP contribution in [-0.2, 0) is 27.8 Å². The number of pyridine rings is 1. The van der Waals surface area contributed by atoms with E-state index in [-0.39, 0.29) is 19.0 Å². The average molecular weight is 377 g/mol. The molecule has 2 aromatic rings. The van der Waals surface area contributed by atoms with Gasteiger partial charge in [0.15, 0.2) is 0 Å². The van der Waals surface area contributed by atoms with Gasteiger partial charge >= 0.3 is 0 Å². The third-order valence-electron chi connectivity index (χ3n) is 3.76. The van der Waals surface area contributed by atoms with E-state index in [1.807, 2.05) is 24.3 Å². The van der Waals surface area contributed by atoms with Gasteiger partial charge in [-0.15, -0.1) is 0 Å². The Morgan fingerprint density at radius 1 is 1.19 bits per heavy atom. The number of amides is 1. The van der Waals surface area contributed by atoms with Gasteiger partial charge in [0.05, 0.1) is 32.1 Å². The topological polar surface area (TPSA) is 88.6 Å². The van der Waals surface area contributed by atoms with Gasteiger partial charge in [-0.1, -0.05) is 24.3 Å². The van der Waals surface area contributed by atoms with Gasteiger partial charge < -0.3 is 10.1 Å². The number of para-hydroxylation sites is 1. The highest BCUT2D eigenvalue weighted by Crippen LogP contribution is 2.17. The molecular weight excluding hydrogens is 354 g/mol. The van der Waals surface area contributed by atoms with Crippen molar-refractivity contribution in [1.82, 2.24) is 14.6 Å². The van der Waals surface area contributed by atoms with Crippen LogP contribution >= 0.6 is 0 Å². The molecule has 0 atom stereocenters. The Balaban J connectivity index is 1.91. The number of aromatic nitrogens is 1. The molecule has 0 saturated heterocycles. The van der Waals surface area contributed by atoms with Crippen LogP contribution in [0.25, 0.3) is 0 Å². The van der Waals surface area contributed by atoms with E-state index in [1.54, 1.807) is 31.5 Å². The van der Waals surface area contributed by atoms with Gasteiger partial charge in [-0.05, 0) is 30.2 Å². The molecule has 0 fully saturated rings. The van der Waals surface area contributed by atoms with Gasteiger partial charge in [0.25, 0.3) is 0 Å². The van der Waals surface area contributed by atoms with Crippen molar-refractivity contribution in [3.05, 3.63) is 59.9 Å². The van der Waals surface area contributed by atoms with Gasteiger partial charge in [-0.25, -0.2) is 8.42 Å². The van der Waals surface area contributed by atoms with E-state index < -0.39 is 10.0 Å². The van der Waals surface area contributed by atoms with Crippen LogP contribution in [0.4, 0.5) is 0 Å². The minimum Gasteiger partial charge on any atom is -0.496 e. The molecule has 1 amide bonds. The normalized spacial score (nSPS) is 11.3. The number of benzene rings is 1. The second kappa shape index (κ2) is 9.30. The van der Waals surface area contributed by atoms with Crippen LogP contribution < -0.4 is 10.1 Å². The van der Waals surface area contributed by atoms with Crippen molar-refractivity contribution in [3.63, 3.8) is 0 Å². The molecule has 0 aliphatic carbocycles. The predicted molar refractivity (Wildman–Crippen MR) is 99.2 cm³/mol. The van der Waals surface area contributed by atoms with E-state index >= 15 is 0 Å². The SMILES string of the molecule is COc1ccccc1CCNC(=O)CN(Cc1ccccn1)S(C)(=O)=O. The molecule has 7 nitrogen and oxygen atoms in total. The number of sulfonamides is 1. The summed E-state index contributed by atoms with van der Waals surface area (Å²) in [4.78, 5) is 16.3. The zero-order valence-corrected chi connectivity index (χ0v) is 15.7. The lowest BCUT2D eigenvalue weighted by molar-refractivity contribution is -0.121. The Bertz CT molecular complexity index is 825. The maximum atomic E-state index is 12.2. The molecule has 0 saturated carbocycles. The van der Waals surface area contributed by atoms with E-state index in [0.29, 0.717) is 18.7 Å². The monoisotopic (exact) mass is 377 g/mol. The van der Waals surface area contributed by atoms with Gasteiger partial charge in [-0.3, -0.25) is 9.78 Å². The minimum atomic E-state index is -3.53. The maximum Gasteiger partial charge on any atom is 0.235 e. The van der Waals surface area contributed by atoms with Crippen LogP contribution in [0.5, 0.6) is 5.75 Å². The third-order valence-corrected chi connectivity index (χ3v) is 4.96. The predicted octanol–water partition coefficient (Wildman–Crippen LogP) is 1.21. The van der Waals surface area contributed by atoms with Crippen LogP contribution in [-0.4, -0.2) is 50.1 Å². The second-order valence-corrected chi connectivity index (χ2v) is 7.75. The van der Waals surface area contributed by atoms with E-state index in [2.05, 4.69) is 10.3 Å². The lowest BCUT2D eigenvalue weighted by Gasteiger charge is -2.19. The second-order valence-electron chi connectivity index (χ2n) is 5.76. The van der Waals surface area contributed by atoms with Crippen LogP contribution in [0.2, 0.25) is 0 Å². The van der Waals surface area contributed by atoms with E-state index in [1.165, 1.54) is 0 Å². The molecule has 0 aliphatic rings. The lowest BCUT2D eigenvalue weighted by atomic mass is 10.1. The number of carbonyl (C=O) groups excluding carboxylic acids is 1. The third kappa shape index (κ3) is 6.12. The highest BCUT2D eigenvalue weighted by molar-refractivity contribution is 7.88. The first-order chi connectivity index (χ1) is 12.4. The summed E-state index contributed by atoms with van der Waals surface area (Å²) in [5.41, 5.74) is 1.56. The molecule has 0 radical (unpaired) electrons. The molecule has 1 heterocycles. The Labute approximate surface area is 154 Å². The fourth-order valence-corrected chi connectivity index (χ4v) is 3.14. The molecule has 0 spiro atoms. The summed E-state index contributed by atoms with van der Waals surface area (Å²) in [6, 6.07) is 12.8. The van der Waals surface area contributed by atoms with E-state index in [9.17, 15) is 13.2 Å². The largest absolute Gasteiger partial charge is 0.496 e. The Morgan fingerprint density at radius 2 is 1.92 bits per heavy atom. The Hall–Kier alpha value is -2.45. The van der Waals surface area contributed by atoms with Crippen molar-refractivity contribution in [3.8, 4) is 5.75 Å². The minimum absolute atomic E-state index is 0.0552. The Morgan fingerprint density at radius 3 is 2.58 bits per heavy atom. The lowest BCUT2D eigenvalue weighted by Crippen LogP contribution is -2.40. The quantitative estimate of drug-likeness (QED) is 0.710. The molecule has 1 aromatic carbocycles. The van der Waals surface area contributed by atoms with Crippen LogP contribution in [0.15, 0.2) is 48.7 Å². The molecule has 2 rings (SSSR count). The molecule has 0 aliphatic heterocycles. The van der Waals surface area contributed by atoms with Crippen molar-refractivity contribution >= 4 is 15.9 Å². The van der Waals surface area contributed by atoms with Crippen molar-refractivity contribution in [2.45, 2.75) is 13.0 Å². The number of nitrogens with one attached hydrogen (secondary N) is 1. The first-order valence-corrected chi connectivity index (χ1v) is 9.98. The first kappa shape index (κ1) is 19.9. The molecule has 140 valence electrons. The molecule has 8 heteroatoms. The fourth-order valence-electron chi connectivity index (χ4n) is 2.42. The van der Waals surface area contributed by atoms with Crippen LogP contribution in [0.3, 0.4) is 0 Å². The van der Waals surface area contributed by atoms with Gasteiger partial charge in [0, 0.05) is 12.7 Å². The summed E-state index contributed by atoms with van der Waals surface area (Å²) in [6.45, 7) is 0.196. The standard InChI is InChI=1S/C18H23N3O4S/c1-25-17-9-4-3-7-15(17)10-12-20-18(22)14-21(26(2,23)24)13-16-8-5-6-11-19-16/h3-9,11H,10,12-14H2,1-2H3,(H,20,22). The Kier molecular flexibility index (Phi) is 7.11. The summed E-state index contributed by atoms with van der Waals surface area (Å²) >= 11 is 0. The summed E-state index contributed by atoms with van der Waals surface area (Å²) in [6.07, 6.45) is 3.26. The molecule has 0 unspecified atom stereocenters. The number of nitrogens with zero attached hydrogens (tertiary/aromatic N) is 2. The zero-order chi connectivity index (χ0) is 19.0. The summed E-state index contributed by atoms with van der Waals surface area (Å²) < 4.78 is 30.3. The molecule has 26 heavy (non-hydrogen) atoms. The fraction of sp³-hybridized carbons (Fsp3) is 0.333.